The Morgan fingerprint density at radius 1 is 0.682 bits per heavy atom. The molecule has 1 radical (unpaired) electrons. The molecule has 0 bridgehead atoms. The van der Waals surface area contributed by atoms with Crippen molar-refractivity contribution < 1.29 is 38.9 Å². The maximum Gasteiger partial charge on any atom is 0.295 e. The Hall–Kier alpha value is -1.57. The molecule has 119 valence electrons. The Balaban J connectivity index is 2.97. The second-order valence-corrected chi connectivity index (χ2v) is 8.32. The molecule has 0 aliphatic rings. The first-order valence-electron chi connectivity index (χ1n) is 5.22. The Morgan fingerprint density at radius 2 is 1.14 bits per heavy atom. The average Bonchev–Trinajstić information content (AvgIpc) is 2.33. The van der Waals surface area contributed by atoms with E-state index in [1.807, 2.05) is 0 Å². The normalized spacial score (nSPS) is 13.4. The van der Waals surface area contributed by atoms with E-state index >= 15 is 0 Å². The molecule has 0 amide bonds. The first-order chi connectivity index (χ1) is 9.80. The Bertz CT molecular complexity index is 1080. The van der Waals surface area contributed by atoms with Gasteiger partial charge in [0.2, 0.25) is 0 Å². The van der Waals surface area contributed by atoms with E-state index in [9.17, 15) is 25.3 Å². The monoisotopic (exact) mass is 367 g/mol. The summed E-state index contributed by atoms with van der Waals surface area (Å²) in [5, 5.41) is -0.112. The van der Waals surface area contributed by atoms with Crippen molar-refractivity contribution in [3.63, 3.8) is 0 Å². The second kappa shape index (κ2) is 4.97. The van der Waals surface area contributed by atoms with Crippen LogP contribution in [-0.2, 0) is 30.4 Å². The molecule has 0 saturated carbocycles. The van der Waals surface area contributed by atoms with Crippen LogP contribution >= 0.6 is 0 Å². The summed E-state index contributed by atoms with van der Waals surface area (Å²) in [6.45, 7) is 0. The van der Waals surface area contributed by atoms with Crippen LogP contribution in [0.3, 0.4) is 0 Å². The van der Waals surface area contributed by atoms with Crippen molar-refractivity contribution in [3.05, 3.63) is 30.3 Å². The van der Waals surface area contributed by atoms with E-state index < -0.39 is 45.0 Å². The quantitative estimate of drug-likeness (QED) is 0.650. The van der Waals surface area contributed by atoms with Gasteiger partial charge in [0, 0.05) is 6.07 Å². The molecule has 0 spiro atoms. The van der Waals surface area contributed by atoms with Crippen LogP contribution in [0, 0.1) is 6.07 Å². The van der Waals surface area contributed by atoms with Crippen molar-refractivity contribution in [2.24, 2.45) is 0 Å². The zero-order valence-electron chi connectivity index (χ0n) is 10.3. The van der Waals surface area contributed by atoms with Gasteiger partial charge in [-0.15, -0.1) is 0 Å². The first kappa shape index (κ1) is 16.8. The van der Waals surface area contributed by atoms with Gasteiger partial charge >= 0.3 is 0 Å². The predicted octanol–water partition coefficient (Wildman–Crippen LogP) is 0.380. The summed E-state index contributed by atoms with van der Waals surface area (Å²) >= 11 is 0. The fraction of sp³-hybridized carbons (Fsp3) is 0. The molecule has 0 aliphatic carbocycles. The molecule has 2 rings (SSSR count). The summed E-state index contributed by atoms with van der Waals surface area (Å²) in [4.78, 5) is -2.88. The van der Waals surface area contributed by atoms with Gasteiger partial charge < -0.3 is 0 Å². The number of hydrogen-bond donors (Lipinski definition) is 3. The van der Waals surface area contributed by atoms with Crippen LogP contribution in [0.15, 0.2) is 39.0 Å². The molecular weight excluding hydrogens is 360 g/mol. The fourth-order valence-corrected chi connectivity index (χ4v) is 4.02. The van der Waals surface area contributed by atoms with Crippen molar-refractivity contribution >= 4 is 41.1 Å². The van der Waals surface area contributed by atoms with Gasteiger partial charge in [-0.1, -0.05) is 0 Å². The van der Waals surface area contributed by atoms with Crippen LogP contribution in [0.25, 0.3) is 10.8 Å². The summed E-state index contributed by atoms with van der Waals surface area (Å²) in [5.74, 6) is 0. The topological polar surface area (TPSA) is 163 Å². The lowest BCUT2D eigenvalue weighted by atomic mass is 10.1. The number of rotatable bonds is 3. The van der Waals surface area contributed by atoms with E-state index in [-0.39, 0.29) is 10.8 Å². The molecule has 12 heteroatoms. The van der Waals surface area contributed by atoms with E-state index in [4.69, 9.17) is 13.7 Å². The summed E-state index contributed by atoms with van der Waals surface area (Å²) in [6, 6.07) is 5.33. The summed E-state index contributed by atoms with van der Waals surface area (Å²) in [6.07, 6.45) is 0. The predicted molar refractivity (Wildman–Crippen MR) is 72.2 cm³/mol. The standard InChI is InChI=1S/C10H7O9S3/c11-20(12,13)8-2-1-6-4-9(21(14,15)16)10(22(17,18)19)5-7(6)3-8/h1,3-5H,(H,11,12,13)(H,14,15,16)(H,17,18,19). The molecule has 0 unspecified atom stereocenters. The molecule has 2 aromatic rings. The Labute approximate surface area is 125 Å². The third-order valence-electron chi connectivity index (χ3n) is 2.64. The highest BCUT2D eigenvalue weighted by molar-refractivity contribution is 7.89. The van der Waals surface area contributed by atoms with Crippen molar-refractivity contribution in [3.8, 4) is 0 Å². The van der Waals surface area contributed by atoms with Crippen LogP contribution in [0.1, 0.15) is 0 Å². The number of fused-ring (bicyclic) bond motifs is 1. The summed E-state index contributed by atoms with van der Waals surface area (Å²) in [5.41, 5.74) is 0. The zero-order valence-corrected chi connectivity index (χ0v) is 12.8. The average molecular weight is 367 g/mol. The minimum atomic E-state index is -5.02. The van der Waals surface area contributed by atoms with Gasteiger partial charge in [-0.2, -0.15) is 25.3 Å². The van der Waals surface area contributed by atoms with Crippen LogP contribution < -0.4 is 0 Å². The molecule has 2 aromatic carbocycles. The van der Waals surface area contributed by atoms with Crippen molar-refractivity contribution in [1.29, 1.82) is 0 Å². The van der Waals surface area contributed by atoms with Crippen molar-refractivity contribution in [2.45, 2.75) is 14.7 Å². The third-order valence-corrected chi connectivity index (χ3v) is 5.35. The van der Waals surface area contributed by atoms with Gasteiger partial charge in [0.15, 0.2) is 0 Å². The molecule has 3 N–H and O–H groups in total. The highest BCUT2D eigenvalue weighted by atomic mass is 32.2. The molecule has 0 aliphatic heterocycles. The van der Waals surface area contributed by atoms with Gasteiger partial charge in [-0.3, -0.25) is 13.7 Å². The lowest BCUT2D eigenvalue weighted by molar-refractivity contribution is 0.467. The minimum absolute atomic E-state index is 0.00688. The van der Waals surface area contributed by atoms with Crippen LogP contribution in [0.4, 0.5) is 0 Å². The van der Waals surface area contributed by atoms with E-state index in [0.29, 0.717) is 6.07 Å². The van der Waals surface area contributed by atoms with Gasteiger partial charge in [0.05, 0.1) is 0 Å². The van der Waals surface area contributed by atoms with Crippen molar-refractivity contribution in [2.75, 3.05) is 0 Å². The molecule has 0 heterocycles. The maximum atomic E-state index is 11.2. The molecular formula is C10H7O9S3. The van der Waals surface area contributed by atoms with E-state index in [1.54, 1.807) is 0 Å². The molecule has 22 heavy (non-hydrogen) atoms. The summed E-state index contributed by atoms with van der Waals surface area (Å²) < 4.78 is 93.8. The second-order valence-electron chi connectivity index (χ2n) is 4.15. The Morgan fingerprint density at radius 3 is 1.55 bits per heavy atom. The SMILES string of the molecule is O=S(=O)(O)c1[c]cc2cc(S(=O)(=O)O)c(S(=O)(=O)O)cc2c1. The van der Waals surface area contributed by atoms with Crippen LogP contribution in [-0.4, -0.2) is 38.9 Å². The van der Waals surface area contributed by atoms with Gasteiger partial charge in [0.25, 0.3) is 30.4 Å². The molecule has 0 saturated heterocycles. The largest absolute Gasteiger partial charge is 0.295 e. The third kappa shape index (κ3) is 3.26. The van der Waals surface area contributed by atoms with E-state index in [1.165, 1.54) is 0 Å². The highest BCUT2D eigenvalue weighted by Crippen LogP contribution is 2.28. The molecule has 9 nitrogen and oxygen atoms in total. The number of benzene rings is 2. The van der Waals surface area contributed by atoms with Gasteiger partial charge in [-0.05, 0) is 35.0 Å². The first-order valence-corrected chi connectivity index (χ1v) is 9.54. The fourth-order valence-electron chi connectivity index (χ4n) is 1.73. The number of hydrogen-bond acceptors (Lipinski definition) is 6. The maximum absolute atomic E-state index is 11.2. The van der Waals surface area contributed by atoms with Crippen LogP contribution in [0.5, 0.6) is 0 Å². The molecule has 0 atom stereocenters. The molecule has 0 fully saturated rings. The van der Waals surface area contributed by atoms with Crippen LogP contribution in [0.2, 0.25) is 0 Å². The van der Waals surface area contributed by atoms with Gasteiger partial charge in [-0.25, -0.2) is 0 Å². The summed E-state index contributed by atoms with van der Waals surface area (Å²) in [7, 11) is -14.6. The van der Waals surface area contributed by atoms with Crippen molar-refractivity contribution in [1.82, 2.24) is 0 Å². The van der Waals surface area contributed by atoms with E-state index in [0.717, 1.165) is 18.2 Å². The highest BCUT2D eigenvalue weighted by Gasteiger charge is 2.25. The smallest absolute Gasteiger partial charge is 0.282 e. The minimum Gasteiger partial charge on any atom is -0.282 e. The lowest BCUT2D eigenvalue weighted by Gasteiger charge is -2.07. The molecule has 0 aromatic heterocycles. The van der Waals surface area contributed by atoms with Gasteiger partial charge in [0.1, 0.15) is 14.7 Å². The Kier molecular flexibility index (Phi) is 3.80. The lowest BCUT2D eigenvalue weighted by Crippen LogP contribution is -2.08. The zero-order chi connectivity index (χ0) is 16.9. The van der Waals surface area contributed by atoms with E-state index in [2.05, 4.69) is 6.07 Å².